The summed E-state index contributed by atoms with van der Waals surface area (Å²) in [5.41, 5.74) is 0. The fourth-order valence-corrected chi connectivity index (χ4v) is 3.46. The smallest absolute Gasteiger partial charge is 0.235 e. The van der Waals surface area contributed by atoms with Crippen LogP contribution >= 0.6 is 24.2 Å². The zero-order valence-electron chi connectivity index (χ0n) is 14.7. The van der Waals surface area contributed by atoms with Crippen molar-refractivity contribution in [1.82, 2.24) is 15.4 Å². The maximum atomic E-state index is 12.2. The van der Waals surface area contributed by atoms with Crippen LogP contribution < -0.4 is 10.6 Å². The molecule has 0 atom stereocenters. The third kappa shape index (κ3) is 7.66. The number of amides is 2. The van der Waals surface area contributed by atoms with Gasteiger partial charge in [-0.05, 0) is 45.7 Å². The van der Waals surface area contributed by atoms with Gasteiger partial charge in [0.1, 0.15) is 5.76 Å². The predicted molar refractivity (Wildman–Crippen MR) is 102 cm³/mol. The standard InChI is InChI=1S/C16H26N4O3S.ClH/c1-12-9-14(19-23-12)18-15(21)10-24-11-16(22)20-7-4-13(5-8-20)3-6-17-2;/h9,13,17H,3-8,10-11H2,1-2H3,(H,18,19,21);1H. The van der Waals surface area contributed by atoms with Crippen LogP contribution in [0.3, 0.4) is 0 Å². The van der Waals surface area contributed by atoms with Crippen LogP contribution in [-0.2, 0) is 9.59 Å². The van der Waals surface area contributed by atoms with Crippen molar-refractivity contribution in [3.63, 3.8) is 0 Å². The Bertz CT molecular complexity index is 547. The average Bonchev–Trinajstić information content (AvgIpc) is 2.98. The Morgan fingerprint density at radius 2 is 2.08 bits per heavy atom. The third-order valence-corrected chi connectivity index (χ3v) is 5.04. The number of piperidine rings is 1. The van der Waals surface area contributed by atoms with Crippen LogP contribution in [0, 0.1) is 12.8 Å². The summed E-state index contributed by atoms with van der Waals surface area (Å²) in [5, 5.41) is 9.52. The molecule has 2 amide bonds. The largest absolute Gasteiger partial charge is 0.360 e. The number of hydrogen-bond acceptors (Lipinski definition) is 6. The second-order valence-electron chi connectivity index (χ2n) is 6.08. The highest BCUT2D eigenvalue weighted by Crippen LogP contribution is 2.20. The number of carbonyl (C=O) groups is 2. The van der Waals surface area contributed by atoms with Crippen molar-refractivity contribution in [2.45, 2.75) is 26.2 Å². The van der Waals surface area contributed by atoms with E-state index >= 15 is 0 Å². The van der Waals surface area contributed by atoms with E-state index in [0.29, 0.717) is 23.2 Å². The Morgan fingerprint density at radius 3 is 2.68 bits per heavy atom. The average molecular weight is 391 g/mol. The molecule has 2 N–H and O–H groups in total. The highest BCUT2D eigenvalue weighted by atomic mass is 35.5. The van der Waals surface area contributed by atoms with Gasteiger partial charge in [-0.1, -0.05) is 5.16 Å². The minimum absolute atomic E-state index is 0. The lowest BCUT2D eigenvalue weighted by atomic mass is 9.93. The first-order valence-corrected chi connectivity index (χ1v) is 9.47. The summed E-state index contributed by atoms with van der Waals surface area (Å²) in [5.74, 6) is 2.29. The molecule has 0 unspecified atom stereocenters. The Hall–Kier alpha value is -1.25. The molecule has 7 nitrogen and oxygen atoms in total. The summed E-state index contributed by atoms with van der Waals surface area (Å²) in [6.07, 6.45) is 3.32. The normalized spacial score (nSPS) is 14.9. The quantitative estimate of drug-likeness (QED) is 0.705. The second kappa shape index (κ2) is 11.4. The van der Waals surface area contributed by atoms with Crippen molar-refractivity contribution in [2.75, 3.05) is 43.5 Å². The molecule has 2 rings (SSSR count). The number of aryl methyl sites for hydroxylation is 1. The number of anilines is 1. The van der Waals surface area contributed by atoms with Crippen molar-refractivity contribution in [3.05, 3.63) is 11.8 Å². The van der Waals surface area contributed by atoms with Gasteiger partial charge < -0.3 is 20.1 Å². The van der Waals surface area contributed by atoms with Crippen molar-refractivity contribution >= 4 is 41.8 Å². The third-order valence-electron chi connectivity index (χ3n) is 4.12. The highest BCUT2D eigenvalue weighted by Gasteiger charge is 2.22. The molecule has 0 spiro atoms. The number of aromatic nitrogens is 1. The van der Waals surface area contributed by atoms with Crippen LogP contribution in [0.1, 0.15) is 25.0 Å². The molecule has 1 aliphatic rings. The molecule has 25 heavy (non-hydrogen) atoms. The van der Waals surface area contributed by atoms with Gasteiger partial charge in [-0.3, -0.25) is 9.59 Å². The van der Waals surface area contributed by atoms with Gasteiger partial charge in [0.15, 0.2) is 5.82 Å². The number of halogens is 1. The molecule has 0 aliphatic carbocycles. The highest BCUT2D eigenvalue weighted by molar-refractivity contribution is 8.00. The molecule has 9 heteroatoms. The minimum Gasteiger partial charge on any atom is -0.360 e. The van der Waals surface area contributed by atoms with Crippen molar-refractivity contribution in [2.24, 2.45) is 5.92 Å². The maximum absolute atomic E-state index is 12.2. The van der Waals surface area contributed by atoms with Gasteiger partial charge in [0, 0.05) is 19.2 Å². The summed E-state index contributed by atoms with van der Waals surface area (Å²) < 4.78 is 4.88. The number of nitrogens with one attached hydrogen (secondary N) is 2. The zero-order valence-corrected chi connectivity index (χ0v) is 16.4. The van der Waals surface area contributed by atoms with E-state index in [9.17, 15) is 9.59 Å². The van der Waals surface area contributed by atoms with Gasteiger partial charge >= 0.3 is 0 Å². The van der Waals surface area contributed by atoms with E-state index in [-0.39, 0.29) is 30.0 Å². The van der Waals surface area contributed by atoms with E-state index in [1.165, 1.54) is 18.2 Å². The van der Waals surface area contributed by atoms with Crippen LogP contribution in [0.15, 0.2) is 10.6 Å². The van der Waals surface area contributed by atoms with E-state index in [1.54, 1.807) is 13.0 Å². The SMILES string of the molecule is CNCCC1CCN(C(=O)CSCC(=O)Nc2cc(C)on2)CC1.Cl. The lowest BCUT2D eigenvalue weighted by molar-refractivity contribution is -0.129. The van der Waals surface area contributed by atoms with Gasteiger partial charge in [0.2, 0.25) is 11.8 Å². The van der Waals surface area contributed by atoms with Crippen LogP contribution in [0.5, 0.6) is 0 Å². The summed E-state index contributed by atoms with van der Waals surface area (Å²) in [6, 6.07) is 1.66. The van der Waals surface area contributed by atoms with Crippen molar-refractivity contribution in [1.29, 1.82) is 0 Å². The second-order valence-corrected chi connectivity index (χ2v) is 7.07. The molecule has 2 heterocycles. The summed E-state index contributed by atoms with van der Waals surface area (Å²) in [4.78, 5) is 25.9. The molecule has 1 aromatic rings. The number of thioether (sulfide) groups is 1. The summed E-state index contributed by atoms with van der Waals surface area (Å²) in [6.45, 7) is 4.46. The molecule has 1 fully saturated rings. The topological polar surface area (TPSA) is 87.5 Å². The van der Waals surface area contributed by atoms with E-state index in [1.807, 2.05) is 11.9 Å². The van der Waals surface area contributed by atoms with Crippen LogP contribution in [0.2, 0.25) is 0 Å². The number of hydrogen-bond donors (Lipinski definition) is 2. The molecular weight excluding hydrogens is 364 g/mol. The Balaban J connectivity index is 0.00000312. The first kappa shape index (κ1) is 21.8. The van der Waals surface area contributed by atoms with Gasteiger partial charge in [0.05, 0.1) is 11.5 Å². The fraction of sp³-hybridized carbons (Fsp3) is 0.688. The molecule has 0 radical (unpaired) electrons. The molecule has 1 aliphatic heterocycles. The van der Waals surface area contributed by atoms with E-state index in [0.717, 1.165) is 32.5 Å². The monoisotopic (exact) mass is 390 g/mol. The maximum Gasteiger partial charge on any atom is 0.235 e. The van der Waals surface area contributed by atoms with Crippen LogP contribution in [0.25, 0.3) is 0 Å². The molecule has 1 saturated heterocycles. The fourth-order valence-electron chi connectivity index (χ4n) is 2.75. The molecule has 0 aromatic carbocycles. The minimum atomic E-state index is -0.174. The zero-order chi connectivity index (χ0) is 17.4. The Labute approximate surface area is 159 Å². The first-order valence-electron chi connectivity index (χ1n) is 8.31. The van der Waals surface area contributed by atoms with Gasteiger partial charge in [-0.2, -0.15) is 0 Å². The first-order chi connectivity index (χ1) is 11.6. The van der Waals surface area contributed by atoms with Crippen molar-refractivity contribution < 1.29 is 14.1 Å². The lowest BCUT2D eigenvalue weighted by Gasteiger charge is -2.32. The predicted octanol–water partition coefficient (Wildman–Crippen LogP) is 1.92. The summed E-state index contributed by atoms with van der Waals surface area (Å²) >= 11 is 1.33. The number of carbonyl (C=O) groups excluding carboxylic acids is 2. The molecule has 0 saturated carbocycles. The van der Waals surface area contributed by atoms with Crippen molar-refractivity contribution in [3.8, 4) is 0 Å². The molecule has 0 bridgehead atoms. The van der Waals surface area contributed by atoms with E-state index < -0.39 is 0 Å². The molecule has 1 aromatic heterocycles. The molecular formula is C16H27ClN4O3S. The van der Waals surface area contributed by atoms with E-state index in [4.69, 9.17) is 4.52 Å². The van der Waals surface area contributed by atoms with Crippen LogP contribution in [-0.4, -0.2) is 60.1 Å². The lowest BCUT2D eigenvalue weighted by Crippen LogP contribution is -2.40. The van der Waals surface area contributed by atoms with E-state index in [2.05, 4.69) is 15.8 Å². The Kier molecular flexibility index (Phi) is 9.92. The van der Waals surface area contributed by atoms with Crippen LogP contribution in [0.4, 0.5) is 5.82 Å². The Morgan fingerprint density at radius 1 is 1.36 bits per heavy atom. The van der Waals surface area contributed by atoms with Gasteiger partial charge in [-0.15, -0.1) is 24.2 Å². The number of nitrogens with zero attached hydrogens (tertiary/aromatic N) is 2. The van der Waals surface area contributed by atoms with Gasteiger partial charge in [-0.25, -0.2) is 0 Å². The summed E-state index contributed by atoms with van der Waals surface area (Å²) in [7, 11) is 1.97. The molecule has 142 valence electrons. The number of likely N-dealkylation sites (tertiary alicyclic amines) is 1. The number of rotatable bonds is 8. The van der Waals surface area contributed by atoms with Gasteiger partial charge in [0.25, 0.3) is 0 Å².